The number of amides is 1. The number of hydrogen-bond donors (Lipinski definition) is 1. The number of nitrogens with one attached hydrogen (secondary N) is 1. The molecule has 0 unspecified atom stereocenters. The first-order chi connectivity index (χ1) is 9.95. The number of esters is 1. The van der Waals surface area contributed by atoms with E-state index in [0.29, 0.717) is 31.1 Å². The van der Waals surface area contributed by atoms with E-state index in [-0.39, 0.29) is 11.9 Å². The highest BCUT2D eigenvalue weighted by Crippen LogP contribution is 2.24. The van der Waals surface area contributed by atoms with Crippen LogP contribution in [0.4, 0.5) is 0 Å². The highest BCUT2D eigenvalue weighted by molar-refractivity contribution is 5.93. The maximum atomic E-state index is 12.0. The molecule has 1 fully saturated rings. The highest BCUT2D eigenvalue weighted by atomic mass is 16.5. The van der Waals surface area contributed by atoms with Crippen molar-refractivity contribution in [3.8, 4) is 0 Å². The fraction of sp³-hybridized carbons (Fsp3) is 0.625. The number of carbonyl (C=O) groups excluding carboxylic acids is 2. The fourth-order valence-electron chi connectivity index (χ4n) is 2.66. The Morgan fingerprint density at radius 1 is 1.33 bits per heavy atom. The van der Waals surface area contributed by atoms with Crippen molar-refractivity contribution < 1.29 is 14.3 Å². The van der Waals surface area contributed by atoms with E-state index >= 15 is 0 Å². The first-order valence-electron chi connectivity index (χ1n) is 7.56. The molecule has 0 aliphatic heterocycles. The zero-order valence-electron chi connectivity index (χ0n) is 13.3. The summed E-state index contributed by atoms with van der Waals surface area (Å²) in [5.41, 5.74) is 3.48. The molecule has 0 saturated heterocycles. The standard InChI is InChI=1S/C16H24N2O3/c1-5-21-16(20)15-10(2)13(18(4)11(15)3)8-9-14(19)17-12-6-7-12/h12H,5-9H2,1-4H3,(H,17,19). The lowest BCUT2D eigenvalue weighted by Gasteiger charge is -2.07. The molecule has 5 heteroatoms. The molecule has 0 spiro atoms. The quantitative estimate of drug-likeness (QED) is 0.816. The van der Waals surface area contributed by atoms with Gasteiger partial charge in [0, 0.05) is 30.9 Å². The van der Waals surface area contributed by atoms with E-state index in [9.17, 15) is 9.59 Å². The summed E-state index contributed by atoms with van der Waals surface area (Å²) in [5, 5.41) is 2.99. The summed E-state index contributed by atoms with van der Waals surface area (Å²) in [6.07, 6.45) is 3.29. The molecule has 1 aliphatic carbocycles. The first-order valence-corrected chi connectivity index (χ1v) is 7.56. The van der Waals surface area contributed by atoms with Crippen LogP contribution in [0.5, 0.6) is 0 Å². The number of rotatable bonds is 6. The normalized spacial score (nSPS) is 14.1. The Kier molecular flexibility index (Phi) is 4.70. The van der Waals surface area contributed by atoms with Crippen molar-refractivity contribution in [2.45, 2.75) is 52.5 Å². The smallest absolute Gasteiger partial charge is 0.340 e. The first kappa shape index (κ1) is 15.6. The summed E-state index contributed by atoms with van der Waals surface area (Å²) >= 11 is 0. The van der Waals surface area contributed by atoms with Gasteiger partial charge >= 0.3 is 5.97 Å². The molecule has 116 valence electrons. The second kappa shape index (κ2) is 6.33. The van der Waals surface area contributed by atoms with Gasteiger partial charge in [-0.2, -0.15) is 0 Å². The molecule has 1 N–H and O–H groups in total. The Morgan fingerprint density at radius 2 is 2.00 bits per heavy atom. The van der Waals surface area contributed by atoms with Gasteiger partial charge < -0.3 is 14.6 Å². The second-order valence-corrected chi connectivity index (χ2v) is 5.65. The van der Waals surface area contributed by atoms with Crippen molar-refractivity contribution in [2.24, 2.45) is 7.05 Å². The third kappa shape index (κ3) is 3.46. The van der Waals surface area contributed by atoms with Crippen LogP contribution in [-0.4, -0.2) is 29.1 Å². The Hall–Kier alpha value is -1.78. The second-order valence-electron chi connectivity index (χ2n) is 5.65. The molecule has 1 heterocycles. The average Bonchev–Trinajstić information content (AvgIpc) is 3.19. The Balaban J connectivity index is 2.10. The Bertz CT molecular complexity index is 556. The van der Waals surface area contributed by atoms with E-state index in [2.05, 4.69) is 5.32 Å². The van der Waals surface area contributed by atoms with Gasteiger partial charge in [-0.25, -0.2) is 4.79 Å². The lowest BCUT2D eigenvalue weighted by atomic mass is 10.1. The van der Waals surface area contributed by atoms with Gasteiger partial charge in [0.15, 0.2) is 0 Å². The molecule has 0 aromatic carbocycles. The molecule has 21 heavy (non-hydrogen) atoms. The molecule has 1 aliphatic rings. The topological polar surface area (TPSA) is 60.3 Å². The fourth-order valence-corrected chi connectivity index (χ4v) is 2.66. The number of aromatic nitrogens is 1. The van der Waals surface area contributed by atoms with Gasteiger partial charge in [-0.3, -0.25) is 4.79 Å². The van der Waals surface area contributed by atoms with E-state index in [0.717, 1.165) is 29.8 Å². The zero-order valence-corrected chi connectivity index (χ0v) is 13.3. The van der Waals surface area contributed by atoms with Crippen molar-refractivity contribution in [1.29, 1.82) is 0 Å². The van der Waals surface area contributed by atoms with Crippen LogP contribution >= 0.6 is 0 Å². The minimum Gasteiger partial charge on any atom is -0.462 e. The third-order valence-electron chi connectivity index (χ3n) is 4.09. The largest absolute Gasteiger partial charge is 0.462 e. The maximum Gasteiger partial charge on any atom is 0.340 e. The van der Waals surface area contributed by atoms with E-state index in [1.165, 1.54) is 0 Å². The molecule has 0 atom stereocenters. The highest BCUT2D eigenvalue weighted by Gasteiger charge is 2.25. The average molecular weight is 292 g/mol. The predicted molar refractivity (Wildman–Crippen MR) is 80.3 cm³/mol. The molecular formula is C16H24N2O3. The molecule has 2 rings (SSSR count). The van der Waals surface area contributed by atoms with Gasteiger partial charge in [0.05, 0.1) is 12.2 Å². The molecule has 1 amide bonds. The minimum absolute atomic E-state index is 0.0911. The van der Waals surface area contributed by atoms with Gasteiger partial charge in [0.1, 0.15) is 0 Å². The van der Waals surface area contributed by atoms with Gasteiger partial charge in [-0.05, 0) is 45.6 Å². The van der Waals surface area contributed by atoms with Crippen molar-refractivity contribution in [3.05, 3.63) is 22.5 Å². The van der Waals surface area contributed by atoms with Crippen molar-refractivity contribution in [1.82, 2.24) is 9.88 Å². The molecule has 1 aromatic heterocycles. The van der Waals surface area contributed by atoms with E-state index in [4.69, 9.17) is 4.74 Å². The van der Waals surface area contributed by atoms with Gasteiger partial charge in [-0.1, -0.05) is 0 Å². The monoisotopic (exact) mass is 292 g/mol. The number of ether oxygens (including phenoxy) is 1. The molecule has 5 nitrogen and oxygen atoms in total. The maximum absolute atomic E-state index is 12.0. The van der Waals surface area contributed by atoms with E-state index in [1.54, 1.807) is 6.92 Å². The zero-order chi connectivity index (χ0) is 15.6. The van der Waals surface area contributed by atoms with Crippen LogP contribution in [0.2, 0.25) is 0 Å². The van der Waals surface area contributed by atoms with Crippen molar-refractivity contribution >= 4 is 11.9 Å². The van der Waals surface area contributed by atoms with Crippen LogP contribution in [0.3, 0.4) is 0 Å². The lowest BCUT2D eigenvalue weighted by molar-refractivity contribution is -0.121. The summed E-state index contributed by atoms with van der Waals surface area (Å²) in [5.74, 6) is -0.190. The van der Waals surface area contributed by atoms with Crippen molar-refractivity contribution in [3.63, 3.8) is 0 Å². The summed E-state index contributed by atoms with van der Waals surface area (Å²) in [6, 6.07) is 0.392. The van der Waals surface area contributed by atoms with Crippen LogP contribution in [0, 0.1) is 13.8 Å². The van der Waals surface area contributed by atoms with Gasteiger partial charge in [0.2, 0.25) is 5.91 Å². The lowest BCUT2D eigenvalue weighted by Crippen LogP contribution is -2.25. The minimum atomic E-state index is -0.281. The summed E-state index contributed by atoms with van der Waals surface area (Å²) in [6.45, 7) is 6.00. The number of carbonyl (C=O) groups is 2. The van der Waals surface area contributed by atoms with Crippen LogP contribution in [0.1, 0.15) is 53.5 Å². The summed E-state index contributed by atoms with van der Waals surface area (Å²) in [4.78, 5) is 23.8. The molecule has 0 bridgehead atoms. The summed E-state index contributed by atoms with van der Waals surface area (Å²) in [7, 11) is 1.93. The van der Waals surface area contributed by atoms with Crippen LogP contribution in [0.25, 0.3) is 0 Å². The van der Waals surface area contributed by atoms with E-state index in [1.807, 2.05) is 25.5 Å². The van der Waals surface area contributed by atoms with Crippen LogP contribution in [-0.2, 0) is 23.0 Å². The molecule has 1 aromatic rings. The Labute approximate surface area is 125 Å². The van der Waals surface area contributed by atoms with Crippen LogP contribution in [0.15, 0.2) is 0 Å². The Morgan fingerprint density at radius 3 is 2.57 bits per heavy atom. The van der Waals surface area contributed by atoms with Crippen LogP contribution < -0.4 is 5.32 Å². The van der Waals surface area contributed by atoms with Gasteiger partial charge in [-0.15, -0.1) is 0 Å². The van der Waals surface area contributed by atoms with Gasteiger partial charge in [0.25, 0.3) is 0 Å². The SMILES string of the molecule is CCOC(=O)c1c(C)c(CCC(=O)NC2CC2)n(C)c1C. The number of hydrogen-bond acceptors (Lipinski definition) is 3. The third-order valence-corrected chi connectivity index (χ3v) is 4.09. The van der Waals surface area contributed by atoms with Crippen molar-refractivity contribution in [2.75, 3.05) is 6.61 Å². The molecule has 1 saturated carbocycles. The summed E-state index contributed by atoms with van der Waals surface area (Å²) < 4.78 is 7.10. The van der Waals surface area contributed by atoms with E-state index < -0.39 is 0 Å². The predicted octanol–water partition coefficient (Wildman–Crippen LogP) is 2.03. The molecular weight excluding hydrogens is 268 g/mol. The number of nitrogens with zero attached hydrogens (tertiary/aromatic N) is 1. The molecule has 0 radical (unpaired) electrons.